The Morgan fingerprint density at radius 1 is 1.30 bits per heavy atom. The standard InChI is InChI=1S/C23H22Cl2FI2N3O2/c1-11(32)20-21(31(27)28)18(14-3-2-4-16(25)19(14)26)23(30(20)10-12-5-6-12)15-8-7-13(24)9-17(15)29-22(23)33/h2-4,7-9,11-12,18,20-21,32H,5-6,10H2,1H3,(H,29,33)/t11-,18?,20-,21-,23+/m1/s1. The summed E-state index contributed by atoms with van der Waals surface area (Å²) in [5.41, 5.74) is 0.534. The van der Waals surface area contributed by atoms with E-state index in [-0.39, 0.29) is 17.0 Å². The highest BCUT2D eigenvalue weighted by atomic mass is 127. The van der Waals surface area contributed by atoms with Crippen LogP contribution in [0.15, 0.2) is 36.4 Å². The number of fused-ring (bicyclic) bond motifs is 2. The Kier molecular flexibility index (Phi) is 6.67. The van der Waals surface area contributed by atoms with E-state index in [0.29, 0.717) is 28.7 Å². The van der Waals surface area contributed by atoms with Gasteiger partial charge in [0.15, 0.2) is 0 Å². The Hall–Kier alpha value is -0.240. The minimum Gasteiger partial charge on any atom is -0.392 e. The Balaban J connectivity index is 1.84. The number of anilines is 1. The molecule has 2 fully saturated rings. The lowest BCUT2D eigenvalue weighted by Crippen LogP contribution is -2.54. The molecule has 1 saturated carbocycles. The van der Waals surface area contributed by atoms with Crippen LogP contribution in [0.1, 0.15) is 36.8 Å². The number of hydrogen-bond donors (Lipinski definition) is 2. The van der Waals surface area contributed by atoms with Gasteiger partial charge in [-0.05, 0) is 49.4 Å². The van der Waals surface area contributed by atoms with Gasteiger partial charge in [-0.25, -0.2) is 4.39 Å². The Morgan fingerprint density at radius 2 is 2.03 bits per heavy atom. The molecule has 2 N–H and O–H groups in total. The van der Waals surface area contributed by atoms with Gasteiger partial charge in [-0.2, -0.15) is 1.33 Å². The summed E-state index contributed by atoms with van der Waals surface area (Å²) in [6.45, 7) is 2.38. The molecule has 5 rings (SSSR count). The van der Waals surface area contributed by atoms with E-state index in [2.05, 4.69) is 55.9 Å². The third kappa shape index (κ3) is 3.82. The summed E-state index contributed by atoms with van der Waals surface area (Å²) in [6.07, 6.45) is 1.40. The van der Waals surface area contributed by atoms with E-state index < -0.39 is 29.4 Å². The zero-order chi connectivity index (χ0) is 23.7. The maximum Gasteiger partial charge on any atom is 0.250 e. The number of carbonyl (C=O) groups is 1. The van der Waals surface area contributed by atoms with Crippen LogP contribution in [-0.4, -0.2) is 42.0 Å². The number of likely N-dealkylation sites (tertiary alicyclic amines) is 1. The van der Waals surface area contributed by atoms with Crippen LogP contribution in [0, 0.1) is 11.7 Å². The number of halogens is 5. The molecule has 0 aromatic heterocycles. The normalized spacial score (nSPS) is 30.2. The number of hydrogen-bond acceptors (Lipinski definition) is 4. The van der Waals surface area contributed by atoms with Crippen molar-refractivity contribution in [3.05, 3.63) is 63.4 Å². The van der Waals surface area contributed by atoms with E-state index >= 15 is 4.39 Å². The van der Waals surface area contributed by atoms with Crippen molar-refractivity contribution in [3.63, 3.8) is 0 Å². The fraction of sp³-hybridized carbons (Fsp3) is 0.435. The van der Waals surface area contributed by atoms with Crippen LogP contribution in [0.25, 0.3) is 0 Å². The van der Waals surface area contributed by atoms with Crippen molar-refractivity contribution in [1.29, 1.82) is 0 Å². The molecule has 2 aromatic rings. The number of carbonyl (C=O) groups excluding carboxylic acids is 1. The van der Waals surface area contributed by atoms with E-state index in [1.807, 2.05) is 7.39 Å². The second-order valence-electron chi connectivity index (χ2n) is 9.11. The molecule has 1 saturated heterocycles. The summed E-state index contributed by atoms with van der Waals surface area (Å²) >= 11 is 16.8. The van der Waals surface area contributed by atoms with Gasteiger partial charge in [-0.1, -0.05) is 41.4 Å². The van der Waals surface area contributed by atoms with Crippen molar-refractivity contribution in [2.24, 2.45) is 5.92 Å². The quantitative estimate of drug-likeness (QED) is 0.299. The van der Waals surface area contributed by atoms with Crippen molar-refractivity contribution in [1.82, 2.24) is 6.23 Å². The Morgan fingerprint density at radius 3 is 2.67 bits per heavy atom. The number of aliphatic hydroxyl groups excluding tert-OH is 1. The molecule has 2 aromatic carbocycles. The second kappa shape index (κ2) is 9.01. The van der Waals surface area contributed by atoms with Gasteiger partial charge in [0, 0.05) is 74.5 Å². The average molecular weight is 716 g/mol. The van der Waals surface area contributed by atoms with E-state index in [1.165, 1.54) is 6.07 Å². The third-order valence-corrected chi connectivity index (χ3v) is 8.94. The molecule has 176 valence electrons. The first-order valence-electron chi connectivity index (χ1n) is 10.8. The largest absolute Gasteiger partial charge is 0.392 e. The Bertz CT molecular complexity index is 1120. The van der Waals surface area contributed by atoms with Gasteiger partial charge < -0.3 is 10.4 Å². The summed E-state index contributed by atoms with van der Waals surface area (Å²) in [6, 6.07) is 9.52. The first-order chi connectivity index (χ1) is 15.7. The molecule has 2 heterocycles. The Labute approximate surface area is 230 Å². The number of amides is 1. The lowest BCUT2D eigenvalue weighted by molar-refractivity contribution is -0.128. The van der Waals surface area contributed by atoms with Gasteiger partial charge in [0.05, 0.1) is 23.2 Å². The molecule has 1 spiro atoms. The van der Waals surface area contributed by atoms with Crippen LogP contribution in [0.5, 0.6) is 0 Å². The van der Waals surface area contributed by atoms with E-state index in [4.69, 9.17) is 23.2 Å². The summed E-state index contributed by atoms with van der Waals surface area (Å²) in [5, 5.41) is 14.6. The predicted octanol–water partition coefficient (Wildman–Crippen LogP) is 5.91. The summed E-state index contributed by atoms with van der Waals surface area (Å²) < 4.78 is 17.6. The smallest absolute Gasteiger partial charge is 0.250 e. The predicted molar refractivity (Wildman–Crippen MR) is 144 cm³/mol. The number of benzene rings is 2. The van der Waals surface area contributed by atoms with Crippen LogP contribution < -0.4 is 5.32 Å². The SMILES string of the molecule is C[C@@H](O)[C@@H]1[C@H](N(I)I)C(c2cccc(Cl)c2F)[C@@]2(C(=O)Nc3cc(Cl)ccc32)N1CC1CC1. The van der Waals surface area contributed by atoms with Crippen LogP contribution >= 0.6 is 68.9 Å². The van der Waals surface area contributed by atoms with Gasteiger partial charge in [0.25, 0.3) is 0 Å². The van der Waals surface area contributed by atoms with E-state index in [0.717, 1.165) is 18.4 Å². The molecule has 10 heteroatoms. The number of nitrogens with one attached hydrogen (secondary N) is 1. The zero-order valence-electron chi connectivity index (χ0n) is 17.6. The molecule has 1 unspecified atom stereocenters. The van der Waals surface area contributed by atoms with Crippen LogP contribution in [0.3, 0.4) is 0 Å². The van der Waals surface area contributed by atoms with Crippen molar-refractivity contribution >= 4 is 80.5 Å². The van der Waals surface area contributed by atoms with E-state index in [1.54, 1.807) is 31.2 Å². The highest BCUT2D eigenvalue weighted by Gasteiger charge is 2.69. The average Bonchev–Trinajstić information content (AvgIpc) is 3.45. The molecule has 2 aliphatic heterocycles. The molecule has 1 aliphatic carbocycles. The van der Waals surface area contributed by atoms with Crippen LogP contribution in [-0.2, 0) is 10.3 Å². The maximum atomic E-state index is 15.6. The minimum atomic E-state index is -1.21. The highest BCUT2D eigenvalue weighted by molar-refractivity contribution is 14.2. The molecule has 1 amide bonds. The summed E-state index contributed by atoms with van der Waals surface area (Å²) in [4.78, 5) is 16.2. The number of rotatable bonds is 5. The van der Waals surface area contributed by atoms with Gasteiger partial charge >= 0.3 is 0 Å². The zero-order valence-corrected chi connectivity index (χ0v) is 23.4. The highest BCUT2D eigenvalue weighted by Crippen LogP contribution is 2.60. The fourth-order valence-corrected chi connectivity index (χ4v) is 7.37. The van der Waals surface area contributed by atoms with Gasteiger partial charge in [-0.15, -0.1) is 0 Å². The van der Waals surface area contributed by atoms with Crippen molar-refractivity contribution in [2.45, 2.75) is 49.4 Å². The summed E-state index contributed by atoms with van der Waals surface area (Å²) in [5.74, 6) is -0.942. The topological polar surface area (TPSA) is 55.8 Å². The number of aliphatic hydroxyl groups is 1. The number of nitrogens with zero attached hydrogens (tertiary/aromatic N) is 2. The fourth-order valence-electron chi connectivity index (χ4n) is 5.72. The maximum absolute atomic E-state index is 15.6. The molecule has 3 aliphatic rings. The first-order valence-corrected chi connectivity index (χ1v) is 13.5. The van der Waals surface area contributed by atoms with Crippen molar-refractivity contribution in [3.8, 4) is 0 Å². The molecule has 5 nitrogen and oxygen atoms in total. The second-order valence-corrected chi connectivity index (χ2v) is 13.9. The van der Waals surface area contributed by atoms with Crippen LogP contribution in [0.4, 0.5) is 10.1 Å². The van der Waals surface area contributed by atoms with Crippen molar-refractivity contribution < 1.29 is 14.3 Å². The minimum absolute atomic E-state index is 0.0128. The molecule has 5 atom stereocenters. The molecular weight excluding hydrogens is 694 g/mol. The lowest BCUT2D eigenvalue weighted by Gasteiger charge is -2.40. The van der Waals surface area contributed by atoms with Crippen molar-refractivity contribution in [2.75, 3.05) is 11.9 Å². The molecular formula is C23H22Cl2FI2N3O2. The monoisotopic (exact) mass is 715 g/mol. The third-order valence-electron chi connectivity index (χ3n) is 7.13. The van der Waals surface area contributed by atoms with Gasteiger partial charge in [0.1, 0.15) is 11.4 Å². The molecule has 33 heavy (non-hydrogen) atoms. The van der Waals surface area contributed by atoms with Gasteiger partial charge in [-0.3, -0.25) is 9.69 Å². The first kappa shape index (κ1) is 24.5. The summed E-state index contributed by atoms with van der Waals surface area (Å²) in [7, 11) is 0. The molecule has 0 radical (unpaired) electrons. The molecule has 0 bridgehead atoms. The van der Waals surface area contributed by atoms with Crippen LogP contribution in [0.2, 0.25) is 10.0 Å². The lowest BCUT2D eigenvalue weighted by atomic mass is 9.73. The van der Waals surface area contributed by atoms with Gasteiger partial charge in [0.2, 0.25) is 5.91 Å². The van der Waals surface area contributed by atoms with E-state index in [9.17, 15) is 9.90 Å².